The molecule has 0 aromatic rings. The van der Waals surface area contributed by atoms with E-state index in [1.807, 2.05) is 27.2 Å². The van der Waals surface area contributed by atoms with Gasteiger partial charge in [-0.3, -0.25) is 13.8 Å². The van der Waals surface area contributed by atoms with Gasteiger partial charge in [-0.2, -0.15) is 0 Å². The number of nitrogens with one attached hydrogen (secondary N) is 1. The van der Waals surface area contributed by atoms with Crippen molar-refractivity contribution in [2.24, 2.45) is 0 Å². The molecule has 0 aromatic heterocycles. The van der Waals surface area contributed by atoms with Crippen molar-refractivity contribution in [2.45, 2.75) is 154 Å². The van der Waals surface area contributed by atoms with Crippen LogP contribution in [0.4, 0.5) is 0 Å². The highest BCUT2D eigenvalue weighted by atomic mass is 31.2. The first-order valence-electron chi connectivity index (χ1n) is 17.7. The lowest BCUT2D eigenvalue weighted by Gasteiger charge is -2.25. The van der Waals surface area contributed by atoms with Crippen LogP contribution < -0.4 is 5.32 Å². The Morgan fingerprint density at radius 2 is 1.25 bits per heavy atom. The highest BCUT2D eigenvalue weighted by molar-refractivity contribution is 7.47. The van der Waals surface area contributed by atoms with E-state index < -0.39 is 20.0 Å². The van der Waals surface area contributed by atoms with Gasteiger partial charge in [0.05, 0.1) is 39.9 Å². The topological polar surface area (TPSA) is 105 Å². The van der Waals surface area contributed by atoms with Crippen LogP contribution in [0.5, 0.6) is 0 Å². The largest absolute Gasteiger partial charge is 0.472 e. The Morgan fingerprint density at radius 3 is 1.82 bits per heavy atom. The molecule has 44 heavy (non-hydrogen) atoms. The lowest BCUT2D eigenvalue weighted by atomic mass is 10.1. The average Bonchev–Trinajstić information content (AvgIpc) is 2.95. The standard InChI is InChI=1S/C35H69N2O6P/c1-6-8-10-12-14-16-18-19-20-22-24-26-28-34(38)33(32-43-44(40,41)42-31-30-37(3,4)5)36-35(39)29-27-25-23-21-17-15-13-11-9-7-2/h19-20,26,28,33-34,38H,6-18,21-25,27,29-32H2,1-5H3,(H-,36,39,40,41)/p+1/b20-19+,28-26+/t33-,34+/m0/s1. The Balaban J connectivity index is 4.66. The van der Waals surface area contributed by atoms with Crippen molar-refractivity contribution in [3.05, 3.63) is 24.3 Å². The van der Waals surface area contributed by atoms with E-state index in [1.165, 1.54) is 83.5 Å². The number of carbonyl (C=O) groups is 1. The zero-order chi connectivity index (χ0) is 32.9. The Morgan fingerprint density at radius 1 is 0.750 bits per heavy atom. The highest BCUT2D eigenvalue weighted by Crippen LogP contribution is 2.43. The molecule has 3 N–H and O–H groups in total. The van der Waals surface area contributed by atoms with Gasteiger partial charge in [0.15, 0.2) is 0 Å². The maximum Gasteiger partial charge on any atom is 0.472 e. The van der Waals surface area contributed by atoms with Crippen molar-refractivity contribution >= 4 is 13.7 Å². The molecule has 0 saturated carbocycles. The van der Waals surface area contributed by atoms with E-state index in [9.17, 15) is 19.4 Å². The van der Waals surface area contributed by atoms with E-state index in [1.54, 1.807) is 6.08 Å². The predicted molar refractivity (Wildman–Crippen MR) is 185 cm³/mol. The summed E-state index contributed by atoms with van der Waals surface area (Å²) in [5.41, 5.74) is 0. The predicted octanol–water partition coefficient (Wildman–Crippen LogP) is 8.63. The van der Waals surface area contributed by atoms with E-state index in [0.29, 0.717) is 17.4 Å². The normalized spacial score (nSPS) is 15.2. The van der Waals surface area contributed by atoms with E-state index in [-0.39, 0.29) is 19.1 Å². The number of phosphoric acid groups is 1. The van der Waals surface area contributed by atoms with Gasteiger partial charge in [0.2, 0.25) is 5.91 Å². The third-order valence-corrected chi connectivity index (χ3v) is 8.66. The number of aliphatic hydroxyl groups is 1. The minimum Gasteiger partial charge on any atom is -0.387 e. The van der Waals surface area contributed by atoms with Crippen molar-refractivity contribution in [1.29, 1.82) is 0 Å². The second-order valence-electron chi connectivity index (χ2n) is 13.2. The van der Waals surface area contributed by atoms with Crippen LogP contribution in [-0.2, 0) is 18.4 Å². The number of rotatable bonds is 31. The van der Waals surface area contributed by atoms with Gasteiger partial charge in [-0.15, -0.1) is 0 Å². The first-order valence-corrected chi connectivity index (χ1v) is 19.2. The van der Waals surface area contributed by atoms with E-state index in [2.05, 4.69) is 31.3 Å². The number of likely N-dealkylation sites (N-methyl/N-ethyl adjacent to an activating group) is 1. The zero-order valence-electron chi connectivity index (χ0n) is 29.1. The van der Waals surface area contributed by atoms with Crippen molar-refractivity contribution in [2.75, 3.05) is 40.9 Å². The summed E-state index contributed by atoms with van der Waals surface area (Å²) in [4.78, 5) is 22.9. The number of hydrogen-bond acceptors (Lipinski definition) is 5. The van der Waals surface area contributed by atoms with Crippen LogP contribution in [0.25, 0.3) is 0 Å². The summed E-state index contributed by atoms with van der Waals surface area (Å²) in [7, 11) is 1.55. The molecule has 0 rings (SSSR count). The monoisotopic (exact) mass is 645 g/mol. The minimum absolute atomic E-state index is 0.0574. The van der Waals surface area contributed by atoms with E-state index in [4.69, 9.17) is 9.05 Å². The Kier molecular flexibility index (Phi) is 27.6. The summed E-state index contributed by atoms with van der Waals surface area (Å²) in [6.45, 7) is 4.73. The third-order valence-electron chi connectivity index (χ3n) is 7.67. The molecule has 0 fully saturated rings. The number of carbonyl (C=O) groups excluding carboxylic acids is 1. The van der Waals surface area contributed by atoms with Crippen molar-refractivity contribution in [3.8, 4) is 0 Å². The summed E-state index contributed by atoms with van der Waals surface area (Å²) < 4.78 is 23.3. The van der Waals surface area contributed by atoms with Crippen LogP contribution in [0.3, 0.4) is 0 Å². The molecular formula is C35H70N2O6P+. The first kappa shape index (κ1) is 43.0. The van der Waals surface area contributed by atoms with Crippen LogP contribution >= 0.6 is 7.82 Å². The van der Waals surface area contributed by atoms with Crippen LogP contribution in [0.2, 0.25) is 0 Å². The summed E-state index contributed by atoms with van der Waals surface area (Å²) in [5.74, 6) is -0.193. The molecular weight excluding hydrogens is 575 g/mol. The number of nitrogens with zero attached hydrogens (tertiary/aromatic N) is 1. The maximum absolute atomic E-state index is 12.7. The van der Waals surface area contributed by atoms with Gasteiger partial charge in [-0.05, 0) is 32.1 Å². The minimum atomic E-state index is -4.33. The van der Waals surface area contributed by atoms with Gasteiger partial charge in [-0.25, -0.2) is 4.57 Å². The lowest BCUT2D eigenvalue weighted by molar-refractivity contribution is -0.870. The number of phosphoric ester groups is 1. The number of hydrogen-bond donors (Lipinski definition) is 3. The average molecular weight is 646 g/mol. The van der Waals surface area contributed by atoms with Crippen LogP contribution in [0.15, 0.2) is 24.3 Å². The number of amides is 1. The molecule has 0 heterocycles. The number of aliphatic hydroxyl groups excluding tert-OH is 1. The maximum atomic E-state index is 12.7. The molecule has 0 aliphatic rings. The van der Waals surface area contributed by atoms with Crippen molar-refractivity contribution < 1.29 is 32.9 Å². The first-order chi connectivity index (χ1) is 21.0. The molecule has 260 valence electrons. The molecule has 0 aliphatic carbocycles. The molecule has 0 radical (unpaired) electrons. The van der Waals surface area contributed by atoms with Crippen molar-refractivity contribution in [1.82, 2.24) is 5.32 Å². The van der Waals surface area contributed by atoms with E-state index in [0.717, 1.165) is 38.5 Å². The second kappa shape index (κ2) is 28.2. The summed E-state index contributed by atoms with van der Waals surface area (Å²) in [5, 5.41) is 13.7. The molecule has 3 atom stereocenters. The van der Waals surface area contributed by atoms with Gasteiger partial charge in [0.25, 0.3) is 0 Å². The molecule has 0 saturated heterocycles. The molecule has 1 amide bonds. The fraction of sp³-hybridized carbons (Fsp3) is 0.857. The second-order valence-corrected chi connectivity index (χ2v) is 14.7. The summed E-state index contributed by atoms with van der Waals surface area (Å²) in [6, 6.07) is -0.854. The van der Waals surface area contributed by atoms with Gasteiger partial charge >= 0.3 is 7.82 Å². The van der Waals surface area contributed by atoms with Crippen LogP contribution in [0.1, 0.15) is 142 Å². The highest BCUT2D eigenvalue weighted by Gasteiger charge is 2.27. The lowest BCUT2D eigenvalue weighted by Crippen LogP contribution is -2.45. The molecule has 0 bridgehead atoms. The Labute approximate surface area is 271 Å². The van der Waals surface area contributed by atoms with E-state index >= 15 is 0 Å². The Bertz CT molecular complexity index is 784. The van der Waals surface area contributed by atoms with Gasteiger partial charge < -0.3 is 19.8 Å². The van der Waals surface area contributed by atoms with Gasteiger partial charge in [-0.1, -0.05) is 128 Å². The zero-order valence-corrected chi connectivity index (χ0v) is 30.0. The third kappa shape index (κ3) is 29.7. The Hall–Kier alpha value is -1.02. The number of unbranched alkanes of at least 4 members (excludes halogenated alkanes) is 16. The summed E-state index contributed by atoms with van der Waals surface area (Å²) >= 11 is 0. The molecule has 0 spiro atoms. The fourth-order valence-corrected chi connectivity index (χ4v) is 5.50. The SMILES string of the molecule is CCCCCCCC/C=C/CC/C=C/[C@@H](O)[C@H](COP(=O)(O)OCC[N+](C)(C)C)NC(=O)CCCCCCCCCCCC. The quantitative estimate of drug-likeness (QED) is 0.0302. The molecule has 1 unspecified atom stereocenters. The van der Waals surface area contributed by atoms with Crippen LogP contribution in [0, 0.1) is 0 Å². The molecule has 0 aromatic carbocycles. The number of allylic oxidation sites excluding steroid dienone is 3. The summed E-state index contributed by atoms with van der Waals surface area (Å²) in [6.07, 6.45) is 29.6. The molecule has 9 heteroatoms. The van der Waals surface area contributed by atoms with Gasteiger partial charge in [0, 0.05) is 6.42 Å². The van der Waals surface area contributed by atoms with Crippen molar-refractivity contribution in [3.63, 3.8) is 0 Å². The fourth-order valence-electron chi connectivity index (χ4n) is 4.76. The van der Waals surface area contributed by atoms with Crippen LogP contribution in [-0.4, -0.2) is 73.4 Å². The smallest absolute Gasteiger partial charge is 0.387 e. The molecule has 0 aliphatic heterocycles. The molecule has 8 nitrogen and oxygen atoms in total. The van der Waals surface area contributed by atoms with Gasteiger partial charge in [0.1, 0.15) is 13.2 Å². The number of quaternary nitrogens is 1.